The number of benzene rings is 2. The smallest absolute Gasteiger partial charge is 0.216 e. The molecule has 0 radical (unpaired) electrons. The van der Waals surface area contributed by atoms with E-state index in [0.29, 0.717) is 11.3 Å². The Hall–Kier alpha value is -2.80. The van der Waals surface area contributed by atoms with Crippen molar-refractivity contribution in [3.63, 3.8) is 0 Å². The van der Waals surface area contributed by atoms with E-state index in [1.807, 2.05) is 49.3 Å². The Morgan fingerprint density at radius 3 is 2.15 bits per heavy atom. The predicted octanol–water partition coefficient (Wildman–Crippen LogP) is 2.89. The molecule has 0 saturated heterocycles. The van der Waals surface area contributed by atoms with Crippen LogP contribution in [0.1, 0.15) is 11.1 Å². The van der Waals surface area contributed by atoms with E-state index in [2.05, 4.69) is 0 Å². The van der Waals surface area contributed by atoms with Crippen LogP contribution < -0.4 is 4.90 Å². The minimum atomic E-state index is 0.501. The van der Waals surface area contributed by atoms with Crippen LogP contribution in [0.15, 0.2) is 48.5 Å². The normalized spacial score (nSPS) is 10.9. The molecule has 0 N–H and O–H groups in total. The first kappa shape index (κ1) is 13.6. The summed E-state index contributed by atoms with van der Waals surface area (Å²) >= 11 is 0. The number of nitrogens with zero attached hydrogens (tertiary/aromatic N) is 3. The minimum absolute atomic E-state index is 0.501. The molecular weight excluding hydrogens is 250 g/mol. The lowest BCUT2D eigenvalue weighted by Gasteiger charge is -2.11. The van der Waals surface area contributed by atoms with E-state index < -0.39 is 0 Å². The molecule has 2 aromatic carbocycles. The molecule has 0 amide bonds. The second-order valence-corrected chi connectivity index (χ2v) is 4.60. The van der Waals surface area contributed by atoms with Gasteiger partial charge in [-0.2, -0.15) is 10.0 Å². The molecule has 0 spiro atoms. The zero-order valence-electron chi connectivity index (χ0n) is 11.4. The van der Waals surface area contributed by atoms with Gasteiger partial charge in [0.2, 0.25) is 5.69 Å². The van der Waals surface area contributed by atoms with Crippen molar-refractivity contribution in [1.82, 2.24) is 0 Å². The fourth-order valence-corrected chi connectivity index (χ4v) is 1.75. The molecule has 0 unspecified atom stereocenters. The predicted molar refractivity (Wildman–Crippen MR) is 80.4 cm³/mol. The maximum absolute atomic E-state index is 12.0. The van der Waals surface area contributed by atoms with Crippen molar-refractivity contribution in [2.75, 3.05) is 19.0 Å². The molecule has 0 aliphatic heterocycles. The molecular formula is C16H15N3O. The van der Waals surface area contributed by atoms with Crippen LogP contribution in [-0.2, 0) is 0 Å². The number of hydrogen-bond acceptors (Lipinski definition) is 3. The van der Waals surface area contributed by atoms with Crippen molar-refractivity contribution in [3.05, 3.63) is 64.9 Å². The Morgan fingerprint density at radius 2 is 1.65 bits per heavy atom. The highest BCUT2D eigenvalue weighted by molar-refractivity contribution is 5.77. The van der Waals surface area contributed by atoms with Gasteiger partial charge < -0.3 is 10.1 Å². The molecule has 2 rings (SSSR count). The molecule has 0 heterocycles. The van der Waals surface area contributed by atoms with Crippen LogP contribution in [0, 0.1) is 16.5 Å². The lowest BCUT2D eigenvalue weighted by molar-refractivity contribution is -0.354. The van der Waals surface area contributed by atoms with Crippen molar-refractivity contribution in [1.29, 1.82) is 5.26 Å². The van der Waals surface area contributed by atoms with Crippen LogP contribution in [-0.4, -0.2) is 25.0 Å². The summed E-state index contributed by atoms with van der Waals surface area (Å²) in [7, 11) is 3.94. The third-order valence-corrected chi connectivity index (χ3v) is 2.93. The zero-order chi connectivity index (χ0) is 14.5. The van der Waals surface area contributed by atoms with Crippen molar-refractivity contribution < 1.29 is 4.74 Å². The number of nitriles is 1. The van der Waals surface area contributed by atoms with Crippen molar-refractivity contribution in [2.24, 2.45) is 0 Å². The Bertz CT molecular complexity index is 650. The lowest BCUT2D eigenvalue weighted by Crippen LogP contribution is -2.08. The van der Waals surface area contributed by atoms with E-state index in [-0.39, 0.29) is 0 Å². The second kappa shape index (κ2) is 5.89. The van der Waals surface area contributed by atoms with E-state index in [9.17, 15) is 5.21 Å². The standard InChI is InChI=1S/C16H15N3O/c1-18(2)15-7-5-14(6-8-15)12-19(20)16-9-3-13(11-17)4-10-16/h3-10,12H,1-2H3/b19-12+. The minimum Gasteiger partial charge on any atom is -0.618 e. The van der Waals surface area contributed by atoms with Crippen LogP contribution in [0.5, 0.6) is 0 Å². The third kappa shape index (κ3) is 3.15. The highest BCUT2D eigenvalue weighted by Crippen LogP contribution is 2.14. The van der Waals surface area contributed by atoms with Crippen LogP contribution in [0.4, 0.5) is 11.4 Å². The number of hydrogen-bond donors (Lipinski definition) is 0. The first-order chi connectivity index (χ1) is 9.60. The van der Waals surface area contributed by atoms with Crippen LogP contribution in [0.25, 0.3) is 0 Å². The Morgan fingerprint density at radius 1 is 1.05 bits per heavy atom. The SMILES string of the molecule is CN(C)c1ccc(/C=[N+](/[O-])c2ccc(C#N)cc2)cc1. The molecule has 0 aliphatic carbocycles. The van der Waals surface area contributed by atoms with Crippen molar-refractivity contribution in [2.45, 2.75) is 0 Å². The highest BCUT2D eigenvalue weighted by Gasteiger charge is 2.02. The first-order valence-electron chi connectivity index (χ1n) is 6.19. The lowest BCUT2D eigenvalue weighted by atomic mass is 10.2. The third-order valence-electron chi connectivity index (χ3n) is 2.93. The second-order valence-electron chi connectivity index (χ2n) is 4.60. The molecule has 20 heavy (non-hydrogen) atoms. The average Bonchev–Trinajstić information content (AvgIpc) is 2.48. The number of anilines is 1. The van der Waals surface area contributed by atoms with Crippen LogP contribution in [0.3, 0.4) is 0 Å². The molecule has 0 bridgehead atoms. The van der Waals surface area contributed by atoms with E-state index in [1.165, 1.54) is 6.21 Å². The molecule has 2 aromatic rings. The largest absolute Gasteiger partial charge is 0.618 e. The molecule has 0 aliphatic rings. The van der Waals surface area contributed by atoms with Gasteiger partial charge in [0.05, 0.1) is 11.6 Å². The van der Waals surface area contributed by atoms with Gasteiger partial charge in [0.15, 0.2) is 6.21 Å². The highest BCUT2D eigenvalue weighted by atomic mass is 16.5. The van der Waals surface area contributed by atoms with Gasteiger partial charge in [-0.1, -0.05) is 0 Å². The summed E-state index contributed by atoms with van der Waals surface area (Å²) in [5.74, 6) is 0. The van der Waals surface area contributed by atoms with Crippen molar-refractivity contribution >= 4 is 17.6 Å². The summed E-state index contributed by atoms with van der Waals surface area (Å²) in [5, 5.41) is 20.7. The van der Waals surface area contributed by atoms with Gasteiger partial charge in [0.25, 0.3) is 0 Å². The van der Waals surface area contributed by atoms with E-state index in [1.54, 1.807) is 24.3 Å². The molecule has 4 nitrogen and oxygen atoms in total. The fraction of sp³-hybridized carbons (Fsp3) is 0.125. The summed E-state index contributed by atoms with van der Waals surface area (Å²) in [4.78, 5) is 2.00. The van der Waals surface area contributed by atoms with Gasteiger partial charge in [-0.25, -0.2) is 0 Å². The zero-order valence-corrected chi connectivity index (χ0v) is 11.4. The summed E-state index contributed by atoms with van der Waals surface area (Å²) in [6, 6.07) is 16.2. The van der Waals surface area contributed by atoms with Crippen LogP contribution in [0.2, 0.25) is 0 Å². The summed E-state index contributed by atoms with van der Waals surface area (Å²) < 4.78 is 0.797. The average molecular weight is 265 g/mol. The monoisotopic (exact) mass is 265 g/mol. The Kier molecular flexibility index (Phi) is 4.02. The fourth-order valence-electron chi connectivity index (χ4n) is 1.75. The summed E-state index contributed by atoms with van der Waals surface area (Å²) in [6.07, 6.45) is 1.51. The van der Waals surface area contributed by atoms with Gasteiger partial charge in [-0.3, -0.25) is 0 Å². The maximum atomic E-state index is 12.0. The van der Waals surface area contributed by atoms with E-state index in [0.717, 1.165) is 16.0 Å². The maximum Gasteiger partial charge on any atom is 0.216 e. The van der Waals surface area contributed by atoms with Gasteiger partial charge in [0, 0.05) is 37.5 Å². The molecule has 0 aromatic heterocycles. The van der Waals surface area contributed by atoms with E-state index in [4.69, 9.17) is 5.26 Å². The molecule has 0 saturated carbocycles. The molecule has 100 valence electrons. The quantitative estimate of drug-likeness (QED) is 0.371. The van der Waals surface area contributed by atoms with Gasteiger partial charge >= 0.3 is 0 Å². The van der Waals surface area contributed by atoms with Gasteiger partial charge in [0.1, 0.15) is 0 Å². The topological polar surface area (TPSA) is 53.1 Å². The first-order valence-corrected chi connectivity index (χ1v) is 6.19. The number of rotatable bonds is 3. The molecule has 4 heteroatoms. The van der Waals surface area contributed by atoms with Gasteiger partial charge in [-0.05, 0) is 36.4 Å². The molecule has 0 fully saturated rings. The molecule has 0 atom stereocenters. The summed E-state index contributed by atoms with van der Waals surface area (Å²) in [6.45, 7) is 0. The Labute approximate surface area is 118 Å². The van der Waals surface area contributed by atoms with Gasteiger partial charge in [-0.15, -0.1) is 0 Å². The van der Waals surface area contributed by atoms with Crippen molar-refractivity contribution in [3.8, 4) is 6.07 Å². The summed E-state index contributed by atoms with van der Waals surface area (Å²) in [5.41, 5.74) is 2.95. The van der Waals surface area contributed by atoms with E-state index >= 15 is 0 Å². The van der Waals surface area contributed by atoms with Crippen LogP contribution >= 0.6 is 0 Å². The Balaban J connectivity index is 2.22.